The number of H-pyrrole nitrogens is 1. The van der Waals surface area contributed by atoms with Gasteiger partial charge in [0, 0.05) is 36.2 Å². The average Bonchev–Trinajstić information content (AvgIpc) is 3.18. The highest BCUT2D eigenvalue weighted by molar-refractivity contribution is 7.98. The zero-order valence-corrected chi connectivity index (χ0v) is 19.2. The molecule has 2 aromatic carbocycles. The van der Waals surface area contributed by atoms with Crippen LogP contribution in [-0.4, -0.2) is 25.7 Å². The lowest BCUT2D eigenvalue weighted by Gasteiger charge is -2.09. The van der Waals surface area contributed by atoms with E-state index in [2.05, 4.69) is 20.5 Å². The van der Waals surface area contributed by atoms with Gasteiger partial charge < -0.3 is 5.32 Å². The molecule has 0 unspecified atom stereocenters. The molecule has 0 aliphatic heterocycles. The maximum atomic E-state index is 12.6. The van der Waals surface area contributed by atoms with E-state index in [0.29, 0.717) is 17.7 Å². The highest BCUT2D eigenvalue weighted by atomic mass is 32.2. The number of aromatic nitrogens is 4. The van der Waals surface area contributed by atoms with Crippen molar-refractivity contribution in [2.45, 2.75) is 30.7 Å². The molecule has 0 spiro atoms. The molecule has 2 heterocycles. The molecule has 8 heteroatoms. The first-order chi connectivity index (χ1) is 15.6. The number of aromatic amines is 1. The summed E-state index contributed by atoms with van der Waals surface area (Å²) in [6.07, 6.45) is 2.08. The molecule has 0 radical (unpaired) electrons. The number of thioether (sulfide) groups is 1. The van der Waals surface area contributed by atoms with Crippen LogP contribution in [0.15, 0.2) is 78.0 Å². The van der Waals surface area contributed by atoms with Gasteiger partial charge in [-0.25, -0.2) is 4.98 Å². The largest absolute Gasteiger partial charge is 0.326 e. The van der Waals surface area contributed by atoms with Gasteiger partial charge in [-0.05, 0) is 49.0 Å². The maximum absolute atomic E-state index is 12.6. The number of aryl methyl sites for hydroxylation is 1. The van der Waals surface area contributed by atoms with E-state index in [9.17, 15) is 4.79 Å². The number of rotatable bonds is 8. The molecule has 0 aliphatic carbocycles. The average molecular weight is 462 g/mol. The summed E-state index contributed by atoms with van der Waals surface area (Å²) in [4.78, 5) is 16.9. The van der Waals surface area contributed by atoms with Crippen LogP contribution in [0.3, 0.4) is 0 Å². The van der Waals surface area contributed by atoms with Crippen molar-refractivity contribution in [2.75, 3.05) is 5.32 Å². The van der Waals surface area contributed by atoms with E-state index in [4.69, 9.17) is 12.2 Å². The van der Waals surface area contributed by atoms with Gasteiger partial charge in [-0.3, -0.25) is 14.5 Å². The van der Waals surface area contributed by atoms with Crippen LogP contribution in [0.2, 0.25) is 0 Å². The predicted molar refractivity (Wildman–Crippen MR) is 131 cm³/mol. The van der Waals surface area contributed by atoms with Crippen LogP contribution >= 0.6 is 24.0 Å². The zero-order valence-electron chi connectivity index (χ0n) is 17.6. The van der Waals surface area contributed by atoms with Gasteiger partial charge in [0.15, 0.2) is 10.6 Å². The van der Waals surface area contributed by atoms with Crippen LogP contribution in [0.4, 0.5) is 5.69 Å². The van der Waals surface area contributed by atoms with E-state index in [1.165, 1.54) is 5.56 Å². The van der Waals surface area contributed by atoms with Crippen LogP contribution in [0.1, 0.15) is 17.5 Å². The molecule has 32 heavy (non-hydrogen) atoms. The van der Waals surface area contributed by atoms with Crippen molar-refractivity contribution in [3.8, 4) is 11.4 Å². The van der Waals surface area contributed by atoms with Gasteiger partial charge in [-0.15, -0.1) is 11.8 Å². The third kappa shape index (κ3) is 5.72. The molecule has 4 rings (SSSR count). The number of anilines is 1. The van der Waals surface area contributed by atoms with Crippen LogP contribution in [0.25, 0.3) is 11.4 Å². The van der Waals surface area contributed by atoms with Gasteiger partial charge in [0.25, 0.3) is 0 Å². The minimum Gasteiger partial charge on any atom is -0.326 e. The van der Waals surface area contributed by atoms with Gasteiger partial charge in [-0.1, -0.05) is 48.0 Å². The van der Waals surface area contributed by atoms with Crippen LogP contribution in [-0.2, 0) is 17.1 Å². The van der Waals surface area contributed by atoms with Crippen molar-refractivity contribution < 1.29 is 4.79 Å². The van der Waals surface area contributed by atoms with Gasteiger partial charge in [0.05, 0.1) is 5.03 Å². The van der Waals surface area contributed by atoms with E-state index in [1.54, 1.807) is 18.0 Å². The summed E-state index contributed by atoms with van der Waals surface area (Å²) in [6.45, 7) is 2.48. The number of amides is 1. The molecule has 6 nitrogen and oxygen atoms in total. The second-order valence-electron chi connectivity index (χ2n) is 7.33. The zero-order chi connectivity index (χ0) is 22.3. The summed E-state index contributed by atoms with van der Waals surface area (Å²) < 4.78 is 2.36. The molecule has 2 N–H and O–H groups in total. The number of nitrogens with zero attached hydrogens (tertiary/aromatic N) is 3. The summed E-state index contributed by atoms with van der Waals surface area (Å²) in [5.41, 5.74) is 4.04. The third-order valence-corrected chi connectivity index (χ3v) is 6.19. The standard InChI is InChI=1S/C24H23N5OS2/c1-17-8-10-19(11-9-17)23-27-28-24(31)29(23)14-12-21(30)26-20-6-4-5-18(15-20)16-32-22-7-2-3-13-25-22/h2-11,13,15H,12,14,16H2,1H3,(H,26,30)(H,28,31). The Labute approximate surface area is 196 Å². The lowest BCUT2D eigenvalue weighted by atomic mass is 10.1. The molecular formula is C24H23N5OS2. The van der Waals surface area contributed by atoms with Crippen molar-refractivity contribution in [1.29, 1.82) is 0 Å². The molecule has 2 aromatic heterocycles. The SMILES string of the molecule is Cc1ccc(-c2n[nH]c(=S)n2CCC(=O)Nc2cccc(CSc3ccccn3)c2)cc1. The second kappa shape index (κ2) is 10.4. The van der Waals surface area contributed by atoms with Crippen LogP contribution in [0.5, 0.6) is 0 Å². The first kappa shape index (κ1) is 22.0. The summed E-state index contributed by atoms with van der Waals surface area (Å²) in [5, 5.41) is 11.1. The summed E-state index contributed by atoms with van der Waals surface area (Å²) in [5.74, 6) is 1.44. The van der Waals surface area contributed by atoms with Crippen molar-refractivity contribution >= 4 is 35.6 Å². The van der Waals surface area contributed by atoms with Crippen molar-refractivity contribution in [1.82, 2.24) is 19.7 Å². The molecule has 0 bridgehead atoms. The smallest absolute Gasteiger partial charge is 0.226 e. The molecule has 4 aromatic rings. The number of hydrogen-bond donors (Lipinski definition) is 2. The Hall–Kier alpha value is -3.23. The van der Waals surface area contributed by atoms with Gasteiger partial charge >= 0.3 is 0 Å². The van der Waals surface area contributed by atoms with E-state index < -0.39 is 0 Å². The Morgan fingerprint density at radius 3 is 2.75 bits per heavy atom. The molecule has 0 fully saturated rings. The topological polar surface area (TPSA) is 75.6 Å². The van der Waals surface area contributed by atoms with Crippen LogP contribution < -0.4 is 5.32 Å². The van der Waals surface area contributed by atoms with Crippen molar-refractivity contribution in [2.24, 2.45) is 0 Å². The van der Waals surface area contributed by atoms with Gasteiger partial charge in [-0.2, -0.15) is 5.10 Å². The maximum Gasteiger partial charge on any atom is 0.226 e. The molecule has 0 saturated heterocycles. The number of pyridine rings is 1. The highest BCUT2D eigenvalue weighted by Crippen LogP contribution is 2.22. The van der Waals surface area contributed by atoms with E-state index in [0.717, 1.165) is 33.4 Å². The number of benzene rings is 2. The minimum atomic E-state index is -0.0718. The Balaban J connectivity index is 1.36. The monoisotopic (exact) mass is 461 g/mol. The van der Waals surface area contributed by atoms with E-state index >= 15 is 0 Å². The molecule has 162 valence electrons. The third-order valence-electron chi connectivity index (χ3n) is 4.87. The molecule has 0 saturated carbocycles. The first-order valence-electron chi connectivity index (χ1n) is 10.2. The number of carbonyl (C=O) groups is 1. The Kier molecular flexibility index (Phi) is 7.14. The Bertz CT molecular complexity index is 1250. The Morgan fingerprint density at radius 2 is 1.97 bits per heavy atom. The van der Waals surface area contributed by atoms with E-state index in [1.807, 2.05) is 78.2 Å². The summed E-state index contributed by atoms with van der Waals surface area (Å²) in [7, 11) is 0. The summed E-state index contributed by atoms with van der Waals surface area (Å²) >= 11 is 7.03. The number of hydrogen-bond acceptors (Lipinski definition) is 5. The number of carbonyl (C=O) groups excluding carboxylic acids is 1. The highest BCUT2D eigenvalue weighted by Gasteiger charge is 2.11. The normalized spacial score (nSPS) is 10.8. The van der Waals surface area contributed by atoms with Gasteiger partial charge in [0.2, 0.25) is 5.91 Å². The number of nitrogens with one attached hydrogen (secondary N) is 2. The quantitative estimate of drug-likeness (QED) is 0.263. The molecule has 0 atom stereocenters. The molecular weight excluding hydrogens is 438 g/mol. The fourth-order valence-electron chi connectivity index (χ4n) is 3.21. The predicted octanol–water partition coefficient (Wildman–Crippen LogP) is 5.63. The second-order valence-corrected chi connectivity index (χ2v) is 8.71. The van der Waals surface area contributed by atoms with Crippen molar-refractivity contribution in [3.63, 3.8) is 0 Å². The molecule has 0 aliphatic rings. The van der Waals surface area contributed by atoms with Gasteiger partial charge in [0.1, 0.15) is 0 Å². The first-order valence-corrected chi connectivity index (χ1v) is 11.6. The summed E-state index contributed by atoms with van der Waals surface area (Å²) in [6, 6.07) is 21.8. The fraction of sp³-hybridized carbons (Fsp3) is 0.167. The van der Waals surface area contributed by atoms with Crippen LogP contribution in [0, 0.1) is 11.7 Å². The van der Waals surface area contributed by atoms with E-state index in [-0.39, 0.29) is 5.91 Å². The Morgan fingerprint density at radius 1 is 1.12 bits per heavy atom. The lowest BCUT2D eigenvalue weighted by molar-refractivity contribution is -0.116. The minimum absolute atomic E-state index is 0.0718. The lowest BCUT2D eigenvalue weighted by Crippen LogP contribution is -2.15. The fourth-order valence-corrected chi connectivity index (χ4v) is 4.24. The molecule has 1 amide bonds. The van der Waals surface area contributed by atoms with Crippen molar-refractivity contribution in [3.05, 3.63) is 88.8 Å².